The van der Waals surface area contributed by atoms with Crippen LogP contribution in [0.15, 0.2) is 134 Å². The van der Waals surface area contributed by atoms with Gasteiger partial charge in [0.25, 0.3) is 0 Å². The lowest BCUT2D eigenvalue weighted by Crippen LogP contribution is -2.00. The second-order valence-electron chi connectivity index (χ2n) is 10.5. The molecule has 1 aliphatic rings. The highest BCUT2D eigenvalue weighted by Crippen LogP contribution is 2.52. The van der Waals surface area contributed by atoms with Crippen molar-refractivity contribution in [3.05, 3.63) is 134 Å². The Morgan fingerprint density at radius 1 is 0.390 bits per heavy atom. The van der Waals surface area contributed by atoms with Crippen LogP contribution in [0.5, 0.6) is 0 Å². The molecule has 0 spiro atoms. The van der Waals surface area contributed by atoms with Crippen molar-refractivity contribution in [2.45, 2.75) is 0 Å². The number of nitrogens with zero attached hydrogens (tertiary/aromatic N) is 2. The average molecular weight is 539 g/mol. The minimum absolute atomic E-state index is 0.766. The third-order valence-corrected chi connectivity index (χ3v) is 9.59. The standard InChI is InChI=1S/C38H22N2S/c1-3-13-26-23(10-1)24-11-2-4-14-27(24)36-32-19-9-21-39-38(32)40-22-33(36)29-16-7-15-28(35(26)29)31-18-8-17-30-25-12-5-6-20-34(25)41-37(30)31/h1-22H. The summed E-state index contributed by atoms with van der Waals surface area (Å²) in [4.78, 5) is 9.49. The van der Waals surface area contributed by atoms with E-state index in [0.29, 0.717) is 0 Å². The van der Waals surface area contributed by atoms with Crippen LogP contribution >= 0.6 is 11.3 Å². The van der Waals surface area contributed by atoms with E-state index < -0.39 is 0 Å². The Hall–Kier alpha value is -5.12. The zero-order valence-electron chi connectivity index (χ0n) is 22.0. The quantitative estimate of drug-likeness (QED) is 0.208. The second kappa shape index (κ2) is 8.69. The van der Waals surface area contributed by atoms with Gasteiger partial charge in [0.05, 0.1) is 0 Å². The summed E-state index contributed by atoms with van der Waals surface area (Å²) in [7, 11) is 0. The maximum absolute atomic E-state index is 4.87. The summed E-state index contributed by atoms with van der Waals surface area (Å²) in [5.41, 5.74) is 12.9. The molecular weight excluding hydrogens is 516 g/mol. The number of aromatic nitrogens is 2. The fourth-order valence-electron chi connectivity index (χ4n) is 6.65. The minimum atomic E-state index is 0.766. The molecule has 0 saturated carbocycles. The summed E-state index contributed by atoms with van der Waals surface area (Å²) >= 11 is 1.88. The van der Waals surface area contributed by atoms with Gasteiger partial charge in [0.15, 0.2) is 5.65 Å². The normalized spacial score (nSPS) is 11.9. The smallest absolute Gasteiger partial charge is 0.159 e. The largest absolute Gasteiger partial charge is 0.237 e. The Kier molecular flexibility index (Phi) is 4.80. The molecule has 5 aromatic carbocycles. The van der Waals surface area contributed by atoms with E-state index in [4.69, 9.17) is 4.98 Å². The number of thiophene rings is 1. The molecule has 0 atom stereocenters. The van der Waals surface area contributed by atoms with Crippen LogP contribution < -0.4 is 0 Å². The predicted molar refractivity (Wildman–Crippen MR) is 173 cm³/mol. The summed E-state index contributed by atoms with van der Waals surface area (Å²) in [6, 6.07) is 44.0. The lowest BCUT2D eigenvalue weighted by Gasteiger charge is -2.25. The van der Waals surface area contributed by atoms with E-state index in [9.17, 15) is 0 Å². The van der Waals surface area contributed by atoms with Crippen LogP contribution in [-0.2, 0) is 0 Å². The first-order chi connectivity index (χ1) is 20.4. The maximum Gasteiger partial charge on any atom is 0.159 e. The summed E-state index contributed by atoms with van der Waals surface area (Å²) in [6.45, 7) is 0. The van der Waals surface area contributed by atoms with Crippen LogP contribution in [-0.4, -0.2) is 9.97 Å². The topological polar surface area (TPSA) is 25.8 Å². The number of hydrogen-bond donors (Lipinski definition) is 0. The van der Waals surface area contributed by atoms with E-state index in [-0.39, 0.29) is 0 Å². The molecule has 1 aliphatic carbocycles. The molecule has 3 heterocycles. The van der Waals surface area contributed by atoms with E-state index in [0.717, 1.165) is 16.6 Å². The summed E-state index contributed by atoms with van der Waals surface area (Å²) in [5, 5.41) is 3.69. The number of fused-ring (bicyclic) bond motifs is 13. The zero-order valence-corrected chi connectivity index (χ0v) is 22.8. The molecule has 0 N–H and O–H groups in total. The van der Waals surface area contributed by atoms with Crippen LogP contribution in [0.1, 0.15) is 0 Å². The van der Waals surface area contributed by atoms with Crippen molar-refractivity contribution >= 4 is 42.5 Å². The van der Waals surface area contributed by atoms with Crippen molar-refractivity contribution in [2.24, 2.45) is 0 Å². The maximum atomic E-state index is 4.87. The Labute approximate surface area is 241 Å². The molecule has 41 heavy (non-hydrogen) atoms. The van der Waals surface area contributed by atoms with E-state index in [1.807, 2.05) is 29.8 Å². The van der Waals surface area contributed by atoms with Crippen molar-refractivity contribution in [2.75, 3.05) is 0 Å². The highest BCUT2D eigenvalue weighted by atomic mass is 32.1. The van der Waals surface area contributed by atoms with Gasteiger partial charge in [-0.25, -0.2) is 9.97 Å². The highest BCUT2D eigenvalue weighted by Gasteiger charge is 2.26. The van der Waals surface area contributed by atoms with Gasteiger partial charge in [0.2, 0.25) is 0 Å². The van der Waals surface area contributed by atoms with Crippen LogP contribution in [0.4, 0.5) is 0 Å². The van der Waals surface area contributed by atoms with Crippen molar-refractivity contribution < 1.29 is 0 Å². The van der Waals surface area contributed by atoms with Gasteiger partial charge in [-0.2, -0.15) is 0 Å². The average Bonchev–Trinajstić information content (AvgIpc) is 3.42. The molecule has 3 aromatic heterocycles. The number of hydrogen-bond acceptors (Lipinski definition) is 3. The Morgan fingerprint density at radius 2 is 0.976 bits per heavy atom. The van der Waals surface area contributed by atoms with E-state index in [1.165, 1.54) is 70.2 Å². The summed E-state index contributed by atoms with van der Waals surface area (Å²) < 4.78 is 2.64. The fourth-order valence-corrected chi connectivity index (χ4v) is 7.88. The van der Waals surface area contributed by atoms with Crippen LogP contribution in [0.2, 0.25) is 0 Å². The van der Waals surface area contributed by atoms with Gasteiger partial charge in [0, 0.05) is 54.6 Å². The molecule has 0 radical (unpaired) electrons. The predicted octanol–water partition coefficient (Wildman–Crippen LogP) is 10.6. The summed E-state index contributed by atoms with van der Waals surface area (Å²) in [5.74, 6) is 0. The van der Waals surface area contributed by atoms with Gasteiger partial charge in [-0.3, -0.25) is 0 Å². The van der Waals surface area contributed by atoms with Gasteiger partial charge < -0.3 is 0 Å². The zero-order chi connectivity index (χ0) is 26.9. The Morgan fingerprint density at radius 3 is 1.80 bits per heavy atom. The van der Waals surface area contributed by atoms with E-state index in [1.54, 1.807) is 0 Å². The first-order valence-electron chi connectivity index (χ1n) is 13.8. The molecule has 3 heteroatoms. The van der Waals surface area contributed by atoms with Gasteiger partial charge in [-0.15, -0.1) is 11.3 Å². The fraction of sp³-hybridized carbons (Fsp3) is 0. The van der Waals surface area contributed by atoms with Gasteiger partial charge >= 0.3 is 0 Å². The number of benzene rings is 5. The molecule has 2 nitrogen and oxygen atoms in total. The van der Waals surface area contributed by atoms with Crippen molar-refractivity contribution in [1.29, 1.82) is 0 Å². The molecule has 0 unspecified atom stereocenters. The third-order valence-electron chi connectivity index (χ3n) is 8.37. The molecule has 8 aromatic rings. The third kappa shape index (κ3) is 3.24. The van der Waals surface area contributed by atoms with Gasteiger partial charge in [0.1, 0.15) is 0 Å². The molecule has 190 valence electrons. The minimum Gasteiger partial charge on any atom is -0.237 e. The molecule has 0 fully saturated rings. The van der Waals surface area contributed by atoms with Crippen molar-refractivity contribution in [3.63, 3.8) is 0 Å². The molecule has 9 rings (SSSR count). The van der Waals surface area contributed by atoms with Crippen LogP contribution in [0, 0.1) is 0 Å². The van der Waals surface area contributed by atoms with E-state index in [2.05, 4.69) is 120 Å². The SMILES string of the molecule is c1ccc2c(c1)-c1ccccc1-c1c(cnc3ncccc13)-c1cccc(-c3cccc4c3sc3ccccc34)c1-2. The van der Waals surface area contributed by atoms with Gasteiger partial charge in [-0.1, -0.05) is 103 Å². The molecule has 0 amide bonds. The molecule has 0 bridgehead atoms. The lowest BCUT2D eigenvalue weighted by atomic mass is 9.78. The molecule has 0 aliphatic heterocycles. The number of rotatable bonds is 1. The first-order valence-corrected chi connectivity index (χ1v) is 14.7. The Balaban J connectivity index is 1.47. The second-order valence-corrected chi connectivity index (χ2v) is 11.6. The monoisotopic (exact) mass is 538 g/mol. The highest BCUT2D eigenvalue weighted by molar-refractivity contribution is 7.26. The van der Waals surface area contributed by atoms with Crippen LogP contribution in [0.3, 0.4) is 0 Å². The first kappa shape index (κ1) is 22.7. The Bertz CT molecular complexity index is 2330. The van der Waals surface area contributed by atoms with Crippen LogP contribution in [0.25, 0.3) is 86.8 Å². The van der Waals surface area contributed by atoms with Crippen molar-refractivity contribution in [3.8, 4) is 55.6 Å². The number of pyridine rings is 2. The van der Waals surface area contributed by atoms with Gasteiger partial charge in [-0.05, 0) is 57.1 Å². The van der Waals surface area contributed by atoms with E-state index >= 15 is 0 Å². The lowest BCUT2D eigenvalue weighted by molar-refractivity contribution is 1.29. The summed E-state index contributed by atoms with van der Waals surface area (Å²) in [6.07, 6.45) is 3.85. The van der Waals surface area contributed by atoms with Crippen molar-refractivity contribution in [1.82, 2.24) is 9.97 Å². The molecular formula is C38H22N2S. The molecule has 0 saturated heterocycles.